The maximum absolute atomic E-state index is 11.0. The molecule has 0 aliphatic rings. The average Bonchev–Trinajstić information content (AvgIpc) is 2.69. The van der Waals surface area contributed by atoms with E-state index in [1.165, 1.54) is 33.4 Å². The zero-order valence-corrected chi connectivity index (χ0v) is 15.7. The molecule has 0 atom stereocenters. The summed E-state index contributed by atoms with van der Waals surface area (Å²) in [6.45, 7) is 2.64. The molecule has 0 radical (unpaired) electrons. The van der Waals surface area contributed by atoms with E-state index in [0.29, 0.717) is 13.0 Å². The lowest BCUT2D eigenvalue weighted by Crippen LogP contribution is -2.10. The number of amides is 1. The summed E-state index contributed by atoms with van der Waals surface area (Å²) in [7, 11) is 0. The topological polar surface area (TPSA) is 69.1 Å². The molecule has 138 valence electrons. The molecule has 0 saturated carbocycles. The van der Waals surface area contributed by atoms with E-state index in [4.69, 9.17) is 11.5 Å². The first-order valence-electron chi connectivity index (χ1n) is 9.35. The van der Waals surface area contributed by atoms with Crippen LogP contribution >= 0.6 is 0 Å². The van der Waals surface area contributed by atoms with Crippen molar-refractivity contribution >= 4 is 5.91 Å². The number of hydrogen-bond acceptors (Lipinski definition) is 2. The van der Waals surface area contributed by atoms with Crippen LogP contribution in [0.2, 0.25) is 0 Å². The fourth-order valence-electron chi connectivity index (χ4n) is 3.55. The lowest BCUT2D eigenvalue weighted by atomic mass is 9.90. The average molecular weight is 358 g/mol. The monoisotopic (exact) mass is 358 g/mol. The number of aryl methyl sites for hydroxylation is 1. The van der Waals surface area contributed by atoms with Gasteiger partial charge in [-0.2, -0.15) is 0 Å². The van der Waals surface area contributed by atoms with Crippen LogP contribution in [0.3, 0.4) is 0 Å². The van der Waals surface area contributed by atoms with Crippen molar-refractivity contribution in [1.82, 2.24) is 0 Å². The number of primary amides is 1. The van der Waals surface area contributed by atoms with E-state index in [1.807, 2.05) is 18.2 Å². The number of carbonyl (C=O) groups excluding carboxylic acids is 1. The summed E-state index contributed by atoms with van der Waals surface area (Å²) in [6.07, 6.45) is 2.06. The van der Waals surface area contributed by atoms with Crippen molar-refractivity contribution < 1.29 is 4.79 Å². The third-order valence-electron chi connectivity index (χ3n) is 5.04. The highest BCUT2D eigenvalue weighted by molar-refractivity contribution is 5.76. The molecule has 3 nitrogen and oxygen atoms in total. The second-order valence-corrected chi connectivity index (χ2v) is 6.85. The summed E-state index contributed by atoms with van der Waals surface area (Å²) in [5.41, 5.74) is 19.7. The molecule has 3 rings (SSSR count). The van der Waals surface area contributed by atoms with Crippen molar-refractivity contribution in [1.29, 1.82) is 0 Å². The zero-order valence-electron chi connectivity index (χ0n) is 15.7. The van der Waals surface area contributed by atoms with E-state index in [-0.39, 0.29) is 5.91 Å². The summed E-state index contributed by atoms with van der Waals surface area (Å²) >= 11 is 0. The molecule has 1 amide bonds. The summed E-state index contributed by atoms with van der Waals surface area (Å²) in [4.78, 5) is 11.0. The van der Waals surface area contributed by atoms with Crippen molar-refractivity contribution in [2.24, 2.45) is 11.5 Å². The Morgan fingerprint density at radius 3 is 2.33 bits per heavy atom. The molecule has 27 heavy (non-hydrogen) atoms. The third kappa shape index (κ3) is 4.44. The van der Waals surface area contributed by atoms with Crippen LogP contribution in [-0.2, 0) is 17.8 Å². The molecule has 0 bridgehead atoms. The Labute approximate surface area is 161 Å². The SMILES string of the molecule is Cc1c(CCCC(N)=O)cccc1-c1ccc(-c2ccccc2)c(CN)c1. The van der Waals surface area contributed by atoms with Crippen LogP contribution in [0.4, 0.5) is 0 Å². The van der Waals surface area contributed by atoms with Crippen LogP contribution in [0.15, 0.2) is 66.7 Å². The molecule has 0 spiro atoms. The molecule has 3 heteroatoms. The van der Waals surface area contributed by atoms with E-state index in [9.17, 15) is 4.79 Å². The second kappa shape index (κ2) is 8.65. The Morgan fingerprint density at radius 1 is 0.852 bits per heavy atom. The van der Waals surface area contributed by atoms with Gasteiger partial charge in [0.25, 0.3) is 0 Å². The van der Waals surface area contributed by atoms with Gasteiger partial charge < -0.3 is 11.5 Å². The van der Waals surface area contributed by atoms with Crippen LogP contribution in [0, 0.1) is 6.92 Å². The maximum atomic E-state index is 11.0. The van der Waals surface area contributed by atoms with Crippen molar-refractivity contribution in [3.05, 3.63) is 83.4 Å². The molecule has 3 aromatic rings. The van der Waals surface area contributed by atoms with Crippen LogP contribution < -0.4 is 11.5 Å². The largest absolute Gasteiger partial charge is 0.370 e. The van der Waals surface area contributed by atoms with Crippen molar-refractivity contribution in [2.45, 2.75) is 32.7 Å². The first kappa shape index (κ1) is 18.9. The number of nitrogens with two attached hydrogens (primary N) is 2. The molecule has 0 aliphatic heterocycles. The number of benzene rings is 3. The standard InChI is InChI=1S/C24H26N2O/c1-17-18(10-6-12-24(26)27)9-5-11-22(17)20-13-14-23(21(15-20)16-25)19-7-3-2-4-8-19/h2-5,7-9,11,13-15H,6,10,12,16,25H2,1H3,(H2,26,27). The van der Waals surface area contributed by atoms with Crippen molar-refractivity contribution in [3.8, 4) is 22.3 Å². The highest BCUT2D eigenvalue weighted by Gasteiger charge is 2.10. The molecule has 0 aromatic heterocycles. The first-order chi connectivity index (χ1) is 13.1. The summed E-state index contributed by atoms with van der Waals surface area (Å²) in [6, 6.07) is 23.2. The van der Waals surface area contributed by atoms with E-state index in [1.54, 1.807) is 0 Å². The lowest BCUT2D eigenvalue weighted by molar-refractivity contribution is -0.118. The Morgan fingerprint density at radius 2 is 1.63 bits per heavy atom. The third-order valence-corrected chi connectivity index (χ3v) is 5.04. The quantitative estimate of drug-likeness (QED) is 0.648. The zero-order chi connectivity index (χ0) is 19.2. The van der Waals surface area contributed by atoms with E-state index >= 15 is 0 Å². The van der Waals surface area contributed by atoms with Gasteiger partial charge in [0, 0.05) is 13.0 Å². The van der Waals surface area contributed by atoms with Gasteiger partial charge in [-0.05, 0) is 64.8 Å². The van der Waals surface area contributed by atoms with E-state index < -0.39 is 0 Å². The summed E-state index contributed by atoms with van der Waals surface area (Å²) in [5.74, 6) is -0.243. The second-order valence-electron chi connectivity index (χ2n) is 6.85. The Hall–Kier alpha value is -2.91. The minimum absolute atomic E-state index is 0.243. The predicted molar refractivity (Wildman–Crippen MR) is 112 cm³/mol. The van der Waals surface area contributed by atoms with Gasteiger partial charge in [-0.3, -0.25) is 4.79 Å². The van der Waals surface area contributed by atoms with Gasteiger partial charge in [0.05, 0.1) is 0 Å². The lowest BCUT2D eigenvalue weighted by Gasteiger charge is -2.15. The van der Waals surface area contributed by atoms with Gasteiger partial charge in [0.2, 0.25) is 5.91 Å². The molecular formula is C24H26N2O. The van der Waals surface area contributed by atoms with Gasteiger partial charge in [0.15, 0.2) is 0 Å². The predicted octanol–water partition coefficient (Wildman–Crippen LogP) is 4.60. The molecule has 0 fully saturated rings. The normalized spacial score (nSPS) is 10.7. The fraction of sp³-hybridized carbons (Fsp3) is 0.208. The minimum Gasteiger partial charge on any atom is -0.370 e. The van der Waals surface area contributed by atoms with Gasteiger partial charge in [-0.25, -0.2) is 0 Å². The first-order valence-corrected chi connectivity index (χ1v) is 9.35. The van der Waals surface area contributed by atoms with Gasteiger partial charge in [-0.15, -0.1) is 0 Å². The van der Waals surface area contributed by atoms with Crippen LogP contribution in [0.25, 0.3) is 22.3 Å². The summed E-state index contributed by atoms with van der Waals surface area (Å²) in [5, 5.41) is 0. The summed E-state index contributed by atoms with van der Waals surface area (Å²) < 4.78 is 0. The minimum atomic E-state index is -0.243. The molecular weight excluding hydrogens is 332 g/mol. The Kier molecular flexibility index (Phi) is 6.05. The van der Waals surface area contributed by atoms with E-state index in [0.717, 1.165) is 18.4 Å². The molecule has 0 saturated heterocycles. The molecule has 0 aliphatic carbocycles. The number of hydrogen-bond donors (Lipinski definition) is 2. The molecule has 0 unspecified atom stereocenters. The van der Waals surface area contributed by atoms with E-state index in [2.05, 4.69) is 55.5 Å². The Bertz CT molecular complexity index is 932. The van der Waals surface area contributed by atoms with Crippen molar-refractivity contribution in [3.63, 3.8) is 0 Å². The van der Waals surface area contributed by atoms with Crippen LogP contribution in [0.5, 0.6) is 0 Å². The number of rotatable bonds is 7. The van der Waals surface area contributed by atoms with Gasteiger partial charge >= 0.3 is 0 Å². The molecule has 3 aromatic carbocycles. The van der Waals surface area contributed by atoms with Crippen molar-refractivity contribution in [2.75, 3.05) is 0 Å². The van der Waals surface area contributed by atoms with Gasteiger partial charge in [0.1, 0.15) is 0 Å². The highest BCUT2D eigenvalue weighted by atomic mass is 16.1. The molecule has 4 N–H and O–H groups in total. The fourth-order valence-corrected chi connectivity index (χ4v) is 3.55. The van der Waals surface area contributed by atoms with Gasteiger partial charge in [-0.1, -0.05) is 60.7 Å². The molecule has 0 heterocycles. The van der Waals surface area contributed by atoms with Crippen LogP contribution in [-0.4, -0.2) is 5.91 Å². The Balaban J connectivity index is 1.94. The maximum Gasteiger partial charge on any atom is 0.217 e. The van der Waals surface area contributed by atoms with Crippen LogP contribution in [0.1, 0.15) is 29.5 Å². The smallest absolute Gasteiger partial charge is 0.217 e. The highest BCUT2D eigenvalue weighted by Crippen LogP contribution is 2.31. The number of carbonyl (C=O) groups is 1.